The minimum atomic E-state index is -4.76. The van der Waals surface area contributed by atoms with Gasteiger partial charge in [-0.1, -0.05) is 148 Å². The van der Waals surface area contributed by atoms with Gasteiger partial charge in [0.2, 0.25) is 0 Å². The molecule has 0 fully saturated rings. The molecular weight excluding hydrogens is 733 g/mol. The second-order valence-corrected chi connectivity index (χ2v) is 16.1. The van der Waals surface area contributed by atoms with E-state index in [2.05, 4.69) is 18.4 Å². The van der Waals surface area contributed by atoms with Gasteiger partial charge >= 0.3 is 25.7 Å². The average molecular weight is 810 g/mol. The molecule has 6 unspecified atom stereocenters. The molecule has 0 bridgehead atoms. The molecule has 0 radical (unpaired) electrons. The summed E-state index contributed by atoms with van der Waals surface area (Å²) in [5.74, 6) is -2.53. The number of aliphatic hydroxyl groups is 3. The quantitative estimate of drug-likeness (QED) is 0.0154. The smallest absolute Gasteiger partial charge is 0.472 e. The van der Waals surface area contributed by atoms with E-state index in [1.807, 2.05) is 0 Å². The summed E-state index contributed by atoms with van der Waals surface area (Å²) in [4.78, 5) is 45.9. The molecule has 0 aliphatic heterocycles. The Balaban J connectivity index is 4.54. The second kappa shape index (κ2) is 35.3. The van der Waals surface area contributed by atoms with Crippen LogP contribution in [0.1, 0.15) is 174 Å². The molecule has 0 saturated carbocycles. The van der Waals surface area contributed by atoms with Gasteiger partial charge in [-0.2, -0.15) is 0 Å². The third-order valence-corrected chi connectivity index (χ3v) is 10.2. The largest absolute Gasteiger partial charge is 0.480 e. The average Bonchev–Trinajstić information content (AvgIpc) is 3.15. The highest BCUT2D eigenvalue weighted by Gasteiger charge is 2.28. The van der Waals surface area contributed by atoms with Crippen LogP contribution < -0.4 is 5.73 Å². The van der Waals surface area contributed by atoms with Gasteiger partial charge in [-0.05, 0) is 25.7 Å². The van der Waals surface area contributed by atoms with Crippen LogP contribution in [0.2, 0.25) is 0 Å². The van der Waals surface area contributed by atoms with E-state index in [0.29, 0.717) is 32.1 Å². The fourth-order valence-corrected chi connectivity index (χ4v) is 6.54. The number of phosphoric acid groups is 1. The molecule has 0 aliphatic rings. The van der Waals surface area contributed by atoms with Gasteiger partial charge in [-0.25, -0.2) is 4.57 Å². The molecule has 324 valence electrons. The van der Waals surface area contributed by atoms with E-state index in [4.69, 9.17) is 24.8 Å². The summed E-state index contributed by atoms with van der Waals surface area (Å²) in [5.41, 5.74) is 5.31. The lowest BCUT2D eigenvalue weighted by molar-refractivity contribution is -0.161. The first-order valence-corrected chi connectivity index (χ1v) is 22.5. The maximum atomic E-state index is 12.6. The fraction of sp³-hybridized carbons (Fsp3) is 0.875. The van der Waals surface area contributed by atoms with Crippen molar-refractivity contribution in [1.82, 2.24) is 0 Å². The predicted octanol–water partition coefficient (Wildman–Crippen LogP) is 7.42. The van der Waals surface area contributed by atoms with E-state index in [0.717, 1.165) is 57.8 Å². The lowest BCUT2D eigenvalue weighted by atomic mass is 10.0. The molecule has 0 aliphatic carbocycles. The van der Waals surface area contributed by atoms with Crippen molar-refractivity contribution in [3.05, 3.63) is 12.2 Å². The number of hydrogen-bond donors (Lipinski definition) is 6. The Morgan fingerprint density at radius 3 is 1.62 bits per heavy atom. The summed E-state index contributed by atoms with van der Waals surface area (Å²) in [5, 5.41) is 39.1. The van der Waals surface area contributed by atoms with Gasteiger partial charge in [0.1, 0.15) is 12.6 Å². The number of carbonyl (C=O) groups is 3. The Morgan fingerprint density at radius 2 is 1.07 bits per heavy atom. The van der Waals surface area contributed by atoms with E-state index in [1.54, 1.807) is 0 Å². The van der Waals surface area contributed by atoms with Crippen LogP contribution in [-0.4, -0.2) is 93.5 Å². The summed E-state index contributed by atoms with van der Waals surface area (Å²) >= 11 is 0. The molecule has 0 aromatic rings. The molecule has 7 N–H and O–H groups in total. The highest BCUT2D eigenvalue weighted by atomic mass is 31.2. The molecule has 0 amide bonds. The number of phosphoric ester groups is 1. The second-order valence-electron chi connectivity index (χ2n) is 14.6. The van der Waals surface area contributed by atoms with Gasteiger partial charge in [0, 0.05) is 12.8 Å². The Morgan fingerprint density at radius 1 is 0.618 bits per heavy atom. The van der Waals surface area contributed by atoms with E-state index < -0.39 is 76.0 Å². The predicted molar refractivity (Wildman–Crippen MR) is 212 cm³/mol. The zero-order valence-corrected chi connectivity index (χ0v) is 34.8. The first-order valence-electron chi connectivity index (χ1n) is 21.0. The minimum absolute atomic E-state index is 0.0496. The Labute approximate surface area is 330 Å². The topological polar surface area (TPSA) is 232 Å². The minimum Gasteiger partial charge on any atom is -0.480 e. The SMILES string of the molecule is CCCCCCCCCCCCCCCC(=O)OCC(COP(=O)(O)OCC(N)C(=O)O)OC(=O)CCCCCCCC(O)/C=C/C(O)C(O)CCCCC. The number of unbranched alkanes of at least 4 members (excludes halogenated alkanes) is 18. The normalized spacial score (nSPS) is 15.6. The standard InChI is InChI=1S/C40H76NO13P/c1-3-5-7-8-9-10-11-12-13-14-15-18-22-26-38(45)51-30-34(31-52-55(49,50)53-32-35(41)40(47)48)54-39(46)27-23-19-16-17-21-24-33(42)28-29-37(44)36(43)25-20-6-4-2/h28-29,33-37,42-44H,3-27,30-32,41H2,1-2H3,(H,47,48)(H,49,50)/b29-28+. The molecule has 0 aromatic carbocycles. The van der Waals surface area contributed by atoms with Gasteiger partial charge < -0.3 is 40.5 Å². The molecular formula is C40H76NO13P. The molecule has 15 heteroatoms. The van der Waals surface area contributed by atoms with Crippen LogP contribution in [0.5, 0.6) is 0 Å². The van der Waals surface area contributed by atoms with Crippen molar-refractivity contribution in [2.45, 2.75) is 205 Å². The number of hydrogen-bond acceptors (Lipinski definition) is 12. The molecule has 14 nitrogen and oxygen atoms in total. The van der Waals surface area contributed by atoms with Crippen molar-refractivity contribution in [1.29, 1.82) is 0 Å². The Kier molecular flexibility index (Phi) is 34.1. The Bertz CT molecular complexity index is 1050. The number of rotatable bonds is 39. The van der Waals surface area contributed by atoms with Crippen LogP contribution >= 0.6 is 7.82 Å². The van der Waals surface area contributed by atoms with Gasteiger partial charge in [-0.3, -0.25) is 23.4 Å². The van der Waals surface area contributed by atoms with Crippen molar-refractivity contribution in [2.24, 2.45) is 5.73 Å². The highest BCUT2D eigenvalue weighted by molar-refractivity contribution is 7.47. The van der Waals surface area contributed by atoms with Gasteiger partial charge in [0.05, 0.1) is 31.5 Å². The summed E-state index contributed by atoms with van der Waals surface area (Å²) in [6.45, 7) is 2.46. The van der Waals surface area contributed by atoms with E-state index in [9.17, 15) is 39.2 Å². The number of ether oxygens (including phenoxy) is 2. The third-order valence-electron chi connectivity index (χ3n) is 9.28. The maximum Gasteiger partial charge on any atom is 0.472 e. The molecule has 0 heterocycles. The zero-order valence-electron chi connectivity index (χ0n) is 33.9. The number of esters is 2. The van der Waals surface area contributed by atoms with Crippen LogP contribution in [0.3, 0.4) is 0 Å². The van der Waals surface area contributed by atoms with Crippen LogP contribution in [0.15, 0.2) is 12.2 Å². The number of carbonyl (C=O) groups excluding carboxylic acids is 2. The van der Waals surface area contributed by atoms with Crippen molar-refractivity contribution >= 4 is 25.7 Å². The van der Waals surface area contributed by atoms with Crippen molar-refractivity contribution in [3.63, 3.8) is 0 Å². The highest BCUT2D eigenvalue weighted by Crippen LogP contribution is 2.43. The fourth-order valence-electron chi connectivity index (χ4n) is 5.76. The van der Waals surface area contributed by atoms with Crippen LogP contribution in [0.25, 0.3) is 0 Å². The Hall–Kier alpha value is -1.90. The first kappa shape index (κ1) is 53.1. The molecule has 0 aromatic heterocycles. The van der Waals surface area contributed by atoms with Crippen LogP contribution in [0, 0.1) is 0 Å². The monoisotopic (exact) mass is 810 g/mol. The van der Waals surface area contributed by atoms with Gasteiger partial charge in [-0.15, -0.1) is 0 Å². The van der Waals surface area contributed by atoms with Crippen molar-refractivity contribution < 1.29 is 62.8 Å². The first-order chi connectivity index (χ1) is 26.3. The van der Waals surface area contributed by atoms with Gasteiger partial charge in [0.15, 0.2) is 6.10 Å². The maximum absolute atomic E-state index is 12.6. The number of nitrogens with two attached hydrogens (primary N) is 1. The molecule has 0 saturated heterocycles. The van der Waals surface area contributed by atoms with Crippen molar-refractivity contribution in [2.75, 3.05) is 19.8 Å². The zero-order chi connectivity index (χ0) is 41.2. The summed E-state index contributed by atoms with van der Waals surface area (Å²) < 4.78 is 32.5. The van der Waals surface area contributed by atoms with E-state index in [1.165, 1.54) is 69.9 Å². The molecule has 6 atom stereocenters. The van der Waals surface area contributed by atoms with E-state index in [-0.39, 0.29) is 12.8 Å². The van der Waals surface area contributed by atoms with Crippen LogP contribution in [0.4, 0.5) is 0 Å². The third kappa shape index (κ3) is 33.9. The summed E-state index contributed by atoms with van der Waals surface area (Å²) in [6, 6.07) is -1.55. The van der Waals surface area contributed by atoms with E-state index >= 15 is 0 Å². The number of aliphatic carboxylic acids is 1. The number of aliphatic hydroxyl groups excluding tert-OH is 3. The van der Waals surface area contributed by atoms with Crippen LogP contribution in [-0.2, 0) is 37.5 Å². The summed E-state index contributed by atoms with van der Waals surface area (Å²) in [7, 11) is -4.76. The van der Waals surface area contributed by atoms with Gasteiger partial charge in [0.25, 0.3) is 0 Å². The van der Waals surface area contributed by atoms with Crippen molar-refractivity contribution in [3.8, 4) is 0 Å². The number of carboxylic acid groups (broad SMARTS) is 1. The molecule has 0 spiro atoms. The summed E-state index contributed by atoms with van der Waals surface area (Å²) in [6.07, 6.45) is 22.1. The lowest BCUT2D eigenvalue weighted by Crippen LogP contribution is -2.34. The molecule has 0 rings (SSSR count). The number of carboxylic acids is 1. The molecule has 55 heavy (non-hydrogen) atoms. The lowest BCUT2D eigenvalue weighted by Gasteiger charge is -2.20.